The van der Waals surface area contributed by atoms with Crippen LogP contribution < -0.4 is 0 Å². The molecule has 0 spiro atoms. The highest BCUT2D eigenvalue weighted by Gasteiger charge is 2.14. The highest BCUT2D eigenvalue weighted by atomic mass is 35.5. The summed E-state index contributed by atoms with van der Waals surface area (Å²) in [7, 11) is 0. The second-order valence-corrected chi connectivity index (χ2v) is 3.14. The summed E-state index contributed by atoms with van der Waals surface area (Å²) in [5.74, 6) is 0. The molecule has 0 saturated heterocycles. The molecule has 0 saturated carbocycles. The summed E-state index contributed by atoms with van der Waals surface area (Å²) in [4.78, 5) is 3.62. The van der Waals surface area contributed by atoms with Gasteiger partial charge in [0.1, 0.15) is 5.69 Å². The van der Waals surface area contributed by atoms with Crippen molar-refractivity contribution in [3.05, 3.63) is 28.0 Å². The highest BCUT2D eigenvalue weighted by molar-refractivity contribution is 6.32. The molecule has 0 amide bonds. The summed E-state index contributed by atoms with van der Waals surface area (Å²) in [6.07, 6.45) is -2.69. The lowest BCUT2D eigenvalue weighted by Crippen LogP contribution is -1.98. The van der Waals surface area contributed by atoms with Gasteiger partial charge < -0.3 is 0 Å². The van der Waals surface area contributed by atoms with Crippen molar-refractivity contribution in [3.63, 3.8) is 0 Å². The van der Waals surface area contributed by atoms with Gasteiger partial charge in [0.2, 0.25) is 0 Å². The molecule has 0 fully saturated rings. The first-order valence-corrected chi connectivity index (χ1v) is 4.25. The molecule has 74 valence electrons. The fraction of sp³-hybridized carbons (Fsp3) is 0.333. The van der Waals surface area contributed by atoms with Gasteiger partial charge in [-0.3, -0.25) is 0 Å². The molecule has 14 heavy (non-hydrogen) atoms. The minimum absolute atomic E-state index is 0.0553. The quantitative estimate of drug-likeness (QED) is 0.762. The Labute approximate surface area is 85.1 Å². The molecule has 0 aliphatic rings. The fourth-order valence-electron chi connectivity index (χ4n) is 1.05. The third kappa shape index (κ3) is 2.18. The Kier molecular flexibility index (Phi) is 3.37. The number of pyridine rings is 1. The van der Waals surface area contributed by atoms with Crippen molar-refractivity contribution in [3.8, 4) is 6.07 Å². The number of nitriles is 1. The van der Waals surface area contributed by atoms with E-state index in [-0.39, 0.29) is 22.8 Å². The molecular weight excluding hydrogens is 210 g/mol. The van der Waals surface area contributed by atoms with E-state index in [4.69, 9.17) is 16.9 Å². The monoisotopic (exact) mass is 216 g/mol. The van der Waals surface area contributed by atoms with Gasteiger partial charge in [0.25, 0.3) is 6.43 Å². The summed E-state index contributed by atoms with van der Waals surface area (Å²) in [5.41, 5.74) is 0.392. The Bertz CT molecular complexity index is 385. The minimum Gasteiger partial charge on any atom is -0.249 e. The standard InChI is InChI=1S/C9H7ClF2N2/c1-5-4-7(9(11)12)14-6(2-3-13)8(5)10/h4,9H,2H2,1H3. The molecule has 0 unspecified atom stereocenters. The second kappa shape index (κ2) is 4.34. The van der Waals surface area contributed by atoms with E-state index in [1.54, 1.807) is 6.92 Å². The van der Waals surface area contributed by atoms with Gasteiger partial charge in [-0.25, -0.2) is 13.8 Å². The number of aromatic nitrogens is 1. The van der Waals surface area contributed by atoms with E-state index in [1.165, 1.54) is 6.07 Å². The Morgan fingerprint density at radius 3 is 2.79 bits per heavy atom. The number of rotatable bonds is 2. The van der Waals surface area contributed by atoms with Gasteiger partial charge in [0.05, 0.1) is 23.2 Å². The van der Waals surface area contributed by atoms with Gasteiger partial charge in [-0.1, -0.05) is 11.6 Å². The van der Waals surface area contributed by atoms with Crippen LogP contribution in [-0.2, 0) is 6.42 Å². The van der Waals surface area contributed by atoms with E-state index in [0.29, 0.717) is 5.56 Å². The van der Waals surface area contributed by atoms with E-state index in [0.717, 1.165) is 0 Å². The Morgan fingerprint density at radius 2 is 2.29 bits per heavy atom. The summed E-state index contributed by atoms with van der Waals surface area (Å²) < 4.78 is 24.6. The van der Waals surface area contributed by atoms with Crippen molar-refractivity contribution in [1.29, 1.82) is 5.26 Å². The predicted octanol–water partition coefficient (Wildman–Crippen LogP) is 3.05. The van der Waals surface area contributed by atoms with Crippen molar-refractivity contribution in [1.82, 2.24) is 4.98 Å². The van der Waals surface area contributed by atoms with Gasteiger partial charge >= 0.3 is 0 Å². The first kappa shape index (κ1) is 10.9. The van der Waals surface area contributed by atoms with Crippen molar-refractivity contribution in [2.75, 3.05) is 0 Å². The molecule has 1 heterocycles. The molecule has 1 aromatic heterocycles. The molecular formula is C9H7ClF2N2. The van der Waals surface area contributed by atoms with Gasteiger partial charge in [0, 0.05) is 0 Å². The van der Waals surface area contributed by atoms with E-state index < -0.39 is 6.43 Å². The first-order valence-electron chi connectivity index (χ1n) is 3.87. The average molecular weight is 217 g/mol. The smallest absolute Gasteiger partial charge is 0.249 e. The van der Waals surface area contributed by atoms with E-state index in [9.17, 15) is 8.78 Å². The van der Waals surface area contributed by atoms with Crippen LogP contribution in [0.1, 0.15) is 23.4 Å². The predicted molar refractivity (Wildman–Crippen MR) is 48.3 cm³/mol. The molecule has 0 aromatic carbocycles. The number of hydrogen-bond acceptors (Lipinski definition) is 2. The summed E-state index contributed by atoms with van der Waals surface area (Å²) in [5, 5.41) is 8.72. The van der Waals surface area contributed by atoms with Gasteiger partial charge in [-0.05, 0) is 18.6 Å². The van der Waals surface area contributed by atoms with Crippen molar-refractivity contribution in [2.24, 2.45) is 0 Å². The topological polar surface area (TPSA) is 36.7 Å². The van der Waals surface area contributed by atoms with Crippen molar-refractivity contribution in [2.45, 2.75) is 19.8 Å². The highest BCUT2D eigenvalue weighted by Crippen LogP contribution is 2.25. The summed E-state index contributed by atoms with van der Waals surface area (Å²) in [6.45, 7) is 1.61. The third-order valence-electron chi connectivity index (χ3n) is 1.70. The molecule has 5 heteroatoms. The number of hydrogen-bond donors (Lipinski definition) is 0. The van der Waals surface area contributed by atoms with Gasteiger partial charge in [0.15, 0.2) is 0 Å². The normalized spacial score (nSPS) is 10.3. The zero-order chi connectivity index (χ0) is 10.7. The van der Waals surface area contributed by atoms with Crippen LogP contribution in [0.5, 0.6) is 0 Å². The van der Waals surface area contributed by atoms with E-state index in [2.05, 4.69) is 4.98 Å². The Balaban J connectivity index is 3.22. The van der Waals surface area contributed by atoms with Gasteiger partial charge in [-0.2, -0.15) is 5.26 Å². The fourth-order valence-corrected chi connectivity index (χ4v) is 1.22. The van der Waals surface area contributed by atoms with Crippen LogP contribution in [0.15, 0.2) is 6.07 Å². The lowest BCUT2D eigenvalue weighted by molar-refractivity contribution is 0.146. The molecule has 1 aromatic rings. The molecule has 0 N–H and O–H groups in total. The lowest BCUT2D eigenvalue weighted by Gasteiger charge is -2.06. The van der Waals surface area contributed by atoms with Crippen molar-refractivity contribution < 1.29 is 8.78 Å². The zero-order valence-corrected chi connectivity index (χ0v) is 8.15. The van der Waals surface area contributed by atoms with E-state index >= 15 is 0 Å². The van der Waals surface area contributed by atoms with Crippen LogP contribution in [0, 0.1) is 18.3 Å². The van der Waals surface area contributed by atoms with Crippen LogP contribution in [0.3, 0.4) is 0 Å². The first-order chi connectivity index (χ1) is 6.56. The number of alkyl halides is 2. The molecule has 0 aliphatic carbocycles. The largest absolute Gasteiger partial charge is 0.280 e. The zero-order valence-electron chi connectivity index (χ0n) is 7.39. The van der Waals surface area contributed by atoms with Crippen LogP contribution in [0.4, 0.5) is 8.78 Å². The van der Waals surface area contributed by atoms with Gasteiger partial charge in [-0.15, -0.1) is 0 Å². The van der Waals surface area contributed by atoms with Crippen LogP contribution >= 0.6 is 11.6 Å². The number of nitrogens with zero attached hydrogens (tertiary/aromatic N) is 2. The summed E-state index contributed by atoms with van der Waals surface area (Å²) >= 11 is 5.79. The minimum atomic E-state index is -2.64. The Morgan fingerprint density at radius 1 is 1.64 bits per heavy atom. The maximum absolute atomic E-state index is 12.3. The number of aryl methyl sites for hydroxylation is 1. The van der Waals surface area contributed by atoms with Crippen LogP contribution in [0.2, 0.25) is 5.02 Å². The molecule has 1 rings (SSSR count). The maximum atomic E-state index is 12.3. The Hall–Kier alpha value is -1.21. The second-order valence-electron chi connectivity index (χ2n) is 2.76. The van der Waals surface area contributed by atoms with Crippen LogP contribution in [0.25, 0.3) is 0 Å². The molecule has 0 radical (unpaired) electrons. The molecule has 0 bridgehead atoms. The third-order valence-corrected chi connectivity index (χ3v) is 2.21. The summed E-state index contributed by atoms with van der Waals surface area (Å²) in [6, 6.07) is 3.06. The molecule has 2 nitrogen and oxygen atoms in total. The van der Waals surface area contributed by atoms with Crippen LogP contribution in [-0.4, -0.2) is 4.98 Å². The number of halogens is 3. The lowest BCUT2D eigenvalue weighted by atomic mass is 10.2. The maximum Gasteiger partial charge on any atom is 0.280 e. The SMILES string of the molecule is Cc1cc(C(F)F)nc(CC#N)c1Cl. The van der Waals surface area contributed by atoms with Crippen molar-refractivity contribution >= 4 is 11.6 Å². The molecule has 0 atom stereocenters. The average Bonchev–Trinajstić information content (AvgIpc) is 2.12. The van der Waals surface area contributed by atoms with E-state index in [1.807, 2.05) is 6.07 Å². The molecule has 0 aliphatic heterocycles.